The second kappa shape index (κ2) is 6.98. The van der Waals surface area contributed by atoms with Gasteiger partial charge in [0.05, 0.1) is 4.90 Å². The van der Waals surface area contributed by atoms with Gasteiger partial charge in [0.25, 0.3) is 0 Å². The first-order chi connectivity index (χ1) is 8.90. The summed E-state index contributed by atoms with van der Waals surface area (Å²) in [5, 5.41) is 0. The topological polar surface area (TPSA) is 72.2 Å². The summed E-state index contributed by atoms with van der Waals surface area (Å²) < 4.78 is 40.0. The fourth-order valence-electron chi connectivity index (χ4n) is 1.87. The van der Waals surface area contributed by atoms with E-state index in [0.29, 0.717) is 12.0 Å². The van der Waals surface area contributed by atoms with Crippen molar-refractivity contribution >= 4 is 10.0 Å². The maximum absolute atomic E-state index is 13.0. The number of nitrogens with two attached hydrogens (primary N) is 1. The van der Waals surface area contributed by atoms with Gasteiger partial charge in [-0.05, 0) is 37.1 Å². The molecule has 1 aromatic rings. The third-order valence-corrected chi connectivity index (χ3v) is 4.62. The Bertz CT molecular complexity index is 517. The van der Waals surface area contributed by atoms with E-state index in [4.69, 9.17) is 5.73 Å². The molecule has 0 bridgehead atoms. The third-order valence-electron chi connectivity index (χ3n) is 2.94. The van der Waals surface area contributed by atoms with Crippen LogP contribution in [0.4, 0.5) is 4.39 Å². The minimum atomic E-state index is -3.65. The van der Waals surface area contributed by atoms with Crippen molar-refractivity contribution in [3.63, 3.8) is 0 Å². The molecule has 0 heterocycles. The van der Waals surface area contributed by atoms with Crippen LogP contribution in [0.5, 0.6) is 0 Å². The van der Waals surface area contributed by atoms with Crippen LogP contribution < -0.4 is 10.5 Å². The van der Waals surface area contributed by atoms with Crippen LogP contribution in [0.3, 0.4) is 0 Å². The first-order valence-corrected chi connectivity index (χ1v) is 7.87. The van der Waals surface area contributed by atoms with E-state index in [1.807, 2.05) is 6.92 Å². The zero-order chi connectivity index (χ0) is 14.5. The molecule has 6 heteroatoms. The smallest absolute Gasteiger partial charge is 0.241 e. The van der Waals surface area contributed by atoms with Crippen molar-refractivity contribution in [2.24, 2.45) is 5.73 Å². The highest BCUT2D eigenvalue weighted by Crippen LogP contribution is 2.17. The summed E-state index contributed by atoms with van der Waals surface area (Å²) >= 11 is 0. The molecule has 0 aliphatic rings. The van der Waals surface area contributed by atoms with Crippen LogP contribution in [0.2, 0.25) is 0 Å². The van der Waals surface area contributed by atoms with Gasteiger partial charge < -0.3 is 5.73 Å². The Morgan fingerprint density at radius 3 is 2.63 bits per heavy atom. The summed E-state index contributed by atoms with van der Waals surface area (Å²) in [6.45, 7) is 3.85. The number of aryl methyl sites for hydroxylation is 1. The van der Waals surface area contributed by atoms with Crippen molar-refractivity contribution in [3.8, 4) is 0 Å². The summed E-state index contributed by atoms with van der Waals surface area (Å²) in [5.41, 5.74) is 5.96. The lowest BCUT2D eigenvalue weighted by Gasteiger charge is -2.17. The monoisotopic (exact) mass is 288 g/mol. The van der Waals surface area contributed by atoms with Gasteiger partial charge >= 0.3 is 0 Å². The lowest BCUT2D eigenvalue weighted by molar-refractivity contribution is 0.516. The van der Waals surface area contributed by atoms with Gasteiger partial charge in [0, 0.05) is 12.6 Å². The number of nitrogens with one attached hydrogen (secondary N) is 1. The molecule has 1 rings (SSSR count). The number of rotatable bonds is 7. The van der Waals surface area contributed by atoms with E-state index < -0.39 is 15.8 Å². The third kappa shape index (κ3) is 4.56. The zero-order valence-corrected chi connectivity index (χ0v) is 12.1. The largest absolute Gasteiger partial charge is 0.329 e. The van der Waals surface area contributed by atoms with Crippen molar-refractivity contribution in [3.05, 3.63) is 29.6 Å². The molecular weight excluding hydrogens is 267 g/mol. The average molecular weight is 288 g/mol. The minimum Gasteiger partial charge on any atom is -0.329 e. The number of hydrogen-bond donors (Lipinski definition) is 2. The van der Waals surface area contributed by atoms with Gasteiger partial charge in [0.1, 0.15) is 5.82 Å². The van der Waals surface area contributed by atoms with E-state index in [-0.39, 0.29) is 17.5 Å². The van der Waals surface area contributed by atoms with Gasteiger partial charge in [0.2, 0.25) is 10.0 Å². The summed E-state index contributed by atoms with van der Waals surface area (Å²) in [5.74, 6) is -0.446. The molecular formula is C13H21FN2O2S. The number of sulfonamides is 1. The van der Waals surface area contributed by atoms with Gasteiger partial charge in [-0.3, -0.25) is 0 Å². The predicted octanol–water partition coefficient (Wildman–Crippen LogP) is 1.93. The van der Waals surface area contributed by atoms with Gasteiger partial charge in [-0.2, -0.15) is 0 Å². The Hall–Kier alpha value is -0.980. The molecule has 0 aliphatic carbocycles. The van der Waals surface area contributed by atoms with Crippen LogP contribution in [0.15, 0.2) is 23.1 Å². The van der Waals surface area contributed by atoms with E-state index >= 15 is 0 Å². The first kappa shape index (κ1) is 16.1. The van der Waals surface area contributed by atoms with Crippen LogP contribution in [0, 0.1) is 12.7 Å². The lowest BCUT2D eigenvalue weighted by atomic mass is 10.1. The molecule has 0 saturated heterocycles. The van der Waals surface area contributed by atoms with Crippen molar-refractivity contribution in [1.29, 1.82) is 0 Å². The Balaban J connectivity index is 2.90. The second-order valence-corrected chi connectivity index (χ2v) is 6.29. The van der Waals surface area contributed by atoms with Gasteiger partial charge in [-0.25, -0.2) is 17.5 Å². The van der Waals surface area contributed by atoms with E-state index in [0.717, 1.165) is 18.9 Å². The van der Waals surface area contributed by atoms with Gasteiger partial charge in [0.15, 0.2) is 0 Å². The fourth-order valence-corrected chi connectivity index (χ4v) is 3.38. The molecule has 0 radical (unpaired) electrons. The van der Waals surface area contributed by atoms with Crippen LogP contribution in [-0.4, -0.2) is 21.0 Å². The number of hydrogen-bond acceptors (Lipinski definition) is 3. The van der Waals surface area contributed by atoms with E-state index in [1.54, 1.807) is 6.92 Å². The van der Waals surface area contributed by atoms with Crippen molar-refractivity contribution in [1.82, 2.24) is 4.72 Å². The molecule has 0 amide bonds. The number of benzene rings is 1. The van der Waals surface area contributed by atoms with Gasteiger partial charge in [-0.15, -0.1) is 0 Å². The highest BCUT2D eigenvalue weighted by molar-refractivity contribution is 7.89. The molecule has 1 unspecified atom stereocenters. The molecule has 19 heavy (non-hydrogen) atoms. The van der Waals surface area contributed by atoms with E-state index in [2.05, 4.69) is 4.72 Å². The van der Waals surface area contributed by atoms with Crippen LogP contribution >= 0.6 is 0 Å². The quantitative estimate of drug-likeness (QED) is 0.805. The summed E-state index contributed by atoms with van der Waals surface area (Å²) in [4.78, 5) is 0.101. The molecule has 1 aromatic carbocycles. The van der Waals surface area contributed by atoms with Crippen molar-refractivity contribution < 1.29 is 12.8 Å². The Labute approximate surface area is 114 Å². The average Bonchev–Trinajstić information content (AvgIpc) is 2.33. The first-order valence-electron chi connectivity index (χ1n) is 6.39. The van der Waals surface area contributed by atoms with Crippen LogP contribution in [0.1, 0.15) is 31.7 Å². The second-order valence-electron chi connectivity index (χ2n) is 4.61. The maximum atomic E-state index is 13.0. The molecule has 0 spiro atoms. The van der Waals surface area contributed by atoms with E-state index in [1.165, 1.54) is 12.1 Å². The molecule has 3 N–H and O–H groups in total. The summed E-state index contributed by atoms with van der Waals surface area (Å²) in [6.07, 6.45) is 2.59. The molecule has 108 valence electrons. The summed E-state index contributed by atoms with van der Waals surface area (Å²) in [6, 6.07) is 3.35. The Morgan fingerprint density at radius 1 is 1.42 bits per heavy atom. The normalized spacial score (nSPS) is 13.5. The molecule has 1 atom stereocenters. The fraction of sp³-hybridized carbons (Fsp3) is 0.538. The molecule has 0 aromatic heterocycles. The van der Waals surface area contributed by atoms with Crippen LogP contribution in [0.25, 0.3) is 0 Å². The molecule has 0 aliphatic heterocycles. The molecule has 0 fully saturated rings. The zero-order valence-electron chi connectivity index (χ0n) is 11.3. The van der Waals surface area contributed by atoms with E-state index in [9.17, 15) is 12.8 Å². The maximum Gasteiger partial charge on any atom is 0.241 e. The Kier molecular flexibility index (Phi) is 5.90. The van der Waals surface area contributed by atoms with Gasteiger partial charge in [-0.1, -0.05) is 19.8 Å². The molecule has 0 saturated carbocycles. The predicted molar refractivity (Wildman–Crippen MR) is 73.8 cm³/mol. The minimum absolute atomic E-state index is 0.101. The lowest BCUT2D eigenvalue weighted by Crippen LogP contribution is -2.40. The SMILES string of the molecule is CCCCC(CN)NS(=O)(=O)c1ccc(F)cc1C. The highest BCUT2D eigenvalue weighted by Gasteiger charge is 2.20. The molecule has 4 nitrogen and oxygen atoms in total. The van der Waals surface area contributed by atoms with Crippen molar-refractivity contribution in [2.75, 3.05) is 6.54 Å². The Morgan fingerprint density at radius 2 is 2.11 bits per heavy atom. The highest BCUT2D eigenvalue weighted by atomic mass is 32.2. The van der Waals surface area contributed by atoms with Crippen LogP contribution in [-0.2, 0) is 10.0 Å². The summed E-state index contributed by atoms with van der Waals surface area (Å²) in [7, 11) is -3.65. The standard InChI is InChI=1S/C13H21FN2O2S/c1-3-4-5-12(9-15)16-19(17,18)13-7-6-11(14)8-10(13)2/h6-8,12,16H,3-5,9,15H2,1-2H3. The van der Waals surface area contributed by atoms with Crippen molar-refractivity contribution in [2.45, 2.75) is 44.0 Å². The number of unbranched alkanes of at least 4 members (excludes halogenated alkanes) is 1. The number of halogens is 1.